The maximum Gasteiger partial charge on any atom is 0.420 e. The molecule has 1 aromatic rings. The van der Waals surface area contributed by atoms with E-state index in [1.165, 1.54) is 14.2 Å². The number of ether oxygens (including phenoxy) is 2. The zero-order valence-electron chi connectivity index (χ0n) is 14.8. The second kappa shape index (κ2) is 5.35. The van der Waals surface area contributed by atoms with Crippen molar-refractivity contribution in [2.24, 2.45) is 11.3 Å². The standard InChI is InChI=1S/C19H20N2O4/c1-11-9-19(18(2,3)14(11)10-20)13-7-6-12(24-4)8-15(13)21(16(19)22)17(23)25-5/h6-8,14H,1,9H2,2-5H3/t14-,19+/m1/s1. The number of hydrogen-bond acceptors (Lipinski definition) is 5. The number of anilines is 1. The normalized spacial score (nSPS) is 26.5. The number of benzene rings is 1. The van der Waals surface area contributed by atoms with Crippen molar-refractivity contribution in [3.63, 3.8) is 0 Å². The smallest absolute Gasteiger partial charge is 0.420 e. The van der Waals surface area contributed by atoms with Crippen molar-refractivity contribution in [2.45, 2.75) is 25.7 Å². The first-order chi connectivity index (χ1) is 11.8. The largest absolute Gasteiger partial charge is 0.497 e. The molecular formula is C19H20N2O4. The lowest BCUT2D eigenvalue weighted by atomic mass is 9.62. The molecule has 0 unspecified atom stereocenters. The SMILES string of the molecule is C=C1C[C@]2(C(=O)N(C(=O)OC)c3cc(OC)ccc32)C(C)(C)[C@@H]1C#N. The Labute approximate surface area is 146 Å². The van der Waals surface area contributed by atoms with Gasteiger partial charge in [-0.15, -0.1) is 0 Å². The van der Waals surface area contributed by atoms with Crippen LogP contribution in [0.4, 0.5) is 10.5 Å². The molecule has 6 heteroatoms. The summed E-state index contributed by atoms with van der Waals surface area (Å²) in [7, 11) is 2.75. The average Bonchev–Trinajstić information content (AvgIpc) is 2.95. The fraction of sp³-hybridized carbons (Fsp3) is 0.421. The van der Waals surface area contributed by atoms with E-state index in [-0.39, 0.29) is 5.91 Å². The van der Waals surface area contributed by atoms with E-state index in [0.29, 0.717) is 29.0 Å². The van der Waals surface area contributed by atoms with Crippen molar-refractivity contribution in [1.82, 2.24) is 0 Å². The van der Waals surface area contributed by atoms with Crippen LogP contribution in [-0.4, -0.2) is 26.2 Å². The predicted molar refractivity (Wildman–Crippen MR) is 91.2 cm³/mol. The van der Waals surface area contributed by atoms with Crippen molar-refractivity contribution >= 4 is 17.7 Å². The topological polar surface area (TPSA) is 79.6 Å². The Morgan fingerprint density at radius 3 is 2.60 bits per heavy atom. The molecule has 2 atom stereocenters. The Balaban J connectivity index is 2.31. The number of rotatable bonds is 1. The minimum atomic E-state index is -1.03. The van der Waals surface area contributed by atoms with E-state index >= 15 is 0 Å². The van der Waals surface area contributed by atoms with Gasteiger partial charge in [0.2, 0.25) is 5.91 Å². The molecule has 0 aromatic heterocycles. The number of nitrogens with zero attached hydrogens (tertiary/aromatic N) is 2. The lowest BCUT2D eigenvalue weighted by Gasteiger charge is -2.38. The van der Waals surface area contributed by atoms with Crippen molar-refractivity contribution in [2.75, 3.05) is 19.1 Å². The van der Waals surface area contributed by atoms with Crippen LogP contribution in [0.15, 0.2) is 30.4 Å². The molecule has 6 nitrogen and oxygen atoms in total. The van der Waals surface area contributed by atoms with E-state index in [4.69, 9.17) is 9.47 Å². The lowest BCUT2D eigenvalue weighted by molar-refractivity contribution is -0.126. The van der Waals surface area contributed by atoms with Crippen molar-refractivity contribution in [1.29, 1.82) is 5.26 Å². The van der Waals surface area contributed by atoms with Crippen molar-refractivity contribution in [3.05, 3.63) is 35.9 Å². The van der Waals surface area contributed by atoms with Crippen LogP contribution in [0.25, 0.3) is 0 Å². The molecular weight excluding hydrogens is 320 g/mol. The summed E-state index contributed by atoms with van der Waals surface area (Å²) in [6.07, 6.45) is -0.428. The van der Waals surface area contributed by atoms with Crippen molar-refractivity contribution < 1.29 is 19.1 Å². The van der Waals surface area contributed by atoms with Gasteiger partial charge in [0.15, 0.2) is 0 Å². The molecule has 1 heterocycles. The van der Waals surface area contributed by atoms with Gasteiger partial charge in [0, 0.05) is 11.5 Å². The van der Waals surface area contributed by atoms with Crippen LogP contribution in [-0.2, 0) is 14.9 Å². The third kappa shape index (κ3) is 1.89. The third-order valence-electron chi connectivity index (χ3n) is 5.68. The highest BCUT2D eigenvalue weighted by Gasteiger charge is 2.67. The van der Waals surface area contributed by atoms with Crippen LogP contribution < -0.4 is 9.64 Å². The van der Waals surface area contributed by atoms with Gasteiger partial charge in [-0.1, -0.05) is 32.1 Å². The van der Waals surface area contributed by atoms with Gasteiger partial charge < -0.3 is 9.47 Å². The van der Waals surface area contributed by atoms with Gasteiger partial charge in [0.1, 0.15) is 5.75 Å². The molecule has 1 saturated carbocycles. The molecule has 3 rings (SSSR count). The van der Waals surface area contributed by atoms with E-state index in [1.807, 2.05) is 13.8 Å². The molecule has 2 aliphatic rings. The van der Waals surface area contributed by atoms with Crippen LogP contribution in [0, 0.1) is 22.7 Å². The summed E-state index contributed by atoms with van der Waals surface area (Å²) < 4.78 is 10.1. The summed E-state index contributed by atoms with van der Waals surface area (Å²) in [4.78, 5) is 26.8. The third-order valence-corrected chi connectivity index (χ3v) is 5.68. The van der Waals surface area contributed by atoms with Crippen LogP contribution in [0.1, 0.15) is 25.8 Å². The highest BCUT2D eigenvalue weighted by molar-refractivity contribution is 6.22. The molecule has 1 fully saturated rings. The Hall–Kier alpha value is -2.81. The van der Waals surface area contributed by atoms with Crippen LogP contribution in [0.2, 0.25) is 0 Å². The first kappa shape index (κ1) is 17.0. The minimum Gasteiger partial charge on any atom is -0.497 e. The van der Waals surface area contributed by atoms with Gasteiger partial charge in [0.05, 0.1) is 37.3 Å². The summed E-state index contributed by atoms with van der Waals surface area (Å²) in [5.74, 6) is -0.334. The lowest BCUT2D eigenvalue weighted by Crippen LogP contribution is -2.50. The zero-order chi connectivity index (χ0) is 18.6. The van der Waals surface area contributed by atoms with Gasteiger partial charge in [0.25, 0.3) is 0 Å². The average molecular weight is 340 g/mol. The number of allylic oxidation sites excluding steroid dienone is 1. The minimum absolute atomic E-state index is 0.323. The molecule has 1 aliphatic carbocycles. The number of amides is 2. The van der Waals surface area contributed by atoms with E-state index in [9.17, 15) is 14.9 Å². The molecule has 0 saturated heterocycles. The zero-order valence-corrected chi connectivity index (χ0v) is 14.8. The van der Waals surface area contributed by atoms with Gasteiger partial charge in [-0.2, -0.15) is 5.26 Å². The number of methoxy groups -OCH3 is 2. The second-order valence-corrected chi connectivity index (χ2v) is 7.02. The quantitative estimate of drug-likeness (QED) is 0.734. The molecule has 1 aromatic carbocycles. The van der Waals surface area contributed by atoms with Crippen LogP contribution in [0.5, 0.6) is 5.75 Å². The van der Waals surface area contributed by atoms with E-state index in [0.717, 1.165) is 4.90 Å². The number of imide groups is 1. The maximum absolute atomic E-state index is 13.4. The van der Waals surface area contributed by atoms with Gasteiger partial charge in [-0.05, 0) is 18.1 Å². The highest BCUT2D eigenvalue weighted by Crippen LogP contribution is 2.64. The summed E-state index contributed by atoms with van der Waals surface area (Å²) in [6.45, 7) is 7.78. The maximum atomic E-state index is 13.4. The molecule has 2 amide bonds. The van der Waals surface area contributed by atoms with Gasteiger partial charge >= 0.3 is 6.09 Å². The monoisotopic (exact) mass is 340 g/mol. The van der Waals surface area contributed by atoms with E-state index in [1.54, 1.807) is 18.2 Å². The number of nitriles is 1. The molecule has 0 N–H and O–H groups in total. The first-order valence-corrected chi connectivity index (χ1v) is 7.94. The van der Waals surface area contributed by atoms with Crippen LogP contribution in [0.3, 0.4) is 0 Å². The van der Waals surface area contributed by atoms with Gasteiger partial charge in [-0.25, -0.2) is 9.69 Å². The fourth-order valence-electron chi connectivity index (χ4n) is 4.35. The molecule has 25 heavy (non-hydrogen) atoms. The summed E-state index contributed by atoms with van der Waals surface area (Å²) in [5, 5.41) is 9.61. The highest BCUT2D eigenvalue weighted by atomic mass is 16.5. The summed E-state index contributed by atoms with van der Waals surface area (Å²) in [6, 6.07) is 7.48. The van der Waals surface area contributed by atoms with E-state index < -0.39 is 22.8 Å². The second-order valence-electron chi connectivity index (χ2n) is 7.02. The van der Waals surface area contributed by atoms with Crippen molar-refractivity contribution in [3.8, 4) is 11.8 Å². The molecule has 0 bridgehead atoms. The van der Waals surface area contributed by atoms with E-state index in [2.05, 4.69) is 12.6 Å². The predicted octanol–water partition coefficient (Wildman–Crippen LogP) is 3.17. The number of carbonyl (C=O) groups is 2. The Morgan fingerprint density at radius 2 is 2.08 bits per heavy atom. The number of hydrogen-bond donors (Lipinski definition) is 0. The fourth-order valence-corrected chi connectivity index (χ4v) is 4.35. The van der Waals surface area contributed by atoms with Gasteiger partial charge in [-0.3, -0.25) is 4.79 Å². The first-order valence-electron chi connectivity index (χ1n) is 7.94. The Kier molecular flexibility index (Phi) is 3.64. The summed E-state index contributed by atoms with van der Waals surface area (Å²) >= 11 is 0. The molecule has 130 valence electrons. The molecule has 1 aliphatic heterocycles. The Bertz CT molecular complexity index is 836. The number of carbonyl (C=O) groups excluding carboxylic acids is 2. The molecule has 1 spiro atoms. The summed E-state index contributed by atoms with van der Waals surface area (Å²) in [5.41, 5.74) is 0.0973. The molecule has 0 radical (unpaired) electrons. The van der Waals surface area contributed by atoms with Crippen LogP contribution >= 0.6 is 0 Å². The Morgan fingerprint density at radius 1 is 1.40 bits per heavy atom. The number of fused-ring (bicyclic) bond motifs is 2.